The van der Waals surface area contributed by atoms with Crippen molar-refractivity contribution in [2.45, 2.75) is 33.1 Å². The summed E-state index contributed by atoms with van der Waals surface area (Å²) in [6.45, 7) is 4.96. The van der Waals surface area contributed by atoms with Crippen LogP contribution >= 0.6 is 0 Å². The highest BCUT2D eigenvalue weighted by atomic mass is 19.1. The summed E-state index contributed by atoms with van der Waals surface area (Å²) in [5, 5.41) is 4.52. The van der Waals surface area contributed by atoms with Crippen molar-refractivity contribution in [2.75, 3.05) is 38.4 Å². The molecule has 43 heavy (non-hydrogen) atoms. The summed E-state index contributed by atoms with van der Waals surface area (Å²) in [7, 11) is 1.59. The van der Waals surface area contributed by atoms with E-state index in [0.29, 0.717) is 71.2 Å². The van der Waals surface area contributed by atoms with Crippen molar-refractivity contribution in [2.24, 2.45) is 5.16 Å². The van der Waals surface area contributed by atoms with Crippen LogP contribution in [0.15, 0.2) is 70.2 Å². The summed E-state index contributed by atoms with van der Waals surface area (Å²) in [4.78, 5) is 32.6. The number of oxime groups is 1. The summed E-state index contributed by atoms with van der Waals surface area (Å²) in [6, 6.07) is 16.9. The zero-order valence-electron chi connectivity index (χ0n) is 24.4. The number of ether oxygens (including phenoxy) is 3. The van der Waals surface area contributed by atoms with Crippen LogP contribution in [0.2, 0.25) is 0 Å². The Bertz CT molecular complexity index is 1650. The topological polar surface area (TPSA) is 99.8 Å². The zero-order valence-corrected chi connectivity index (χ0v) is 24.4. The number of unbranched alkanes of at least 4 members (excludes halogenated alkanes) is 2. The number of halogens is 1. The van der Waals surface area contributed by atoms with Gasteiger partial charge in [0.15, 0.2) is 5.71 Å². The second kappa shape index (κ2) is 13.4. The third-order valence-corrected chi connectivity index (χ3v) is 7.02. The van der Waals surface area contributed by atoms with Crippen molar-refractivity contribution < 1.29 is 37.4 Å². The van der Waals surface area contributed by atoms with Crippen LogP contribution in [0.4, 0.5) is 10.1 Å². The molecular weight excluding hydrogens is 555 g/mol. The second-order valence-electron chi connectivity index (χ2n) is 9.80. The molecule has 0 radical (unpaired) electrons. The molecule has 2 heterocycles. The van der Waals surface area contributed by atoms with Crippen LogP contribution < -0.4 is 14.4 Å². The monoisotopic (exact) mass is 588 g/mol. The van der Waals surface area contributed by atoms with Gasteiger partial charge in [-0.05, 0) is 93.8 Å². The zero-order chi connectivity index (χ0) is 30.3. The highest BCUT2D eigenvalue weighted by Crippen LogP contribution is 2.37. The van der Waals surface area contributed by atoms with Crippen molar-refractivity contribution >= 4 is 34.2 Å². The summed E-state index contributed by atoms with van der Waals surface area (Å²) >= 11 is 0. The lowest BCUT2D eigenvalue weighted by Gasteiger charge is -2.16. The third kappa shape index (κ3) is 6.33. The molecule has 4 aromatic rings. The van der Waals surface area contributed by atoms with Crippen LogP contribution in [-0.2, 0) is 14.4 Å². The Hall–Kier alpha value is -4.86. The molecule has 0 saturated heterocycles. The summed E-state index contributed by atoms with van der Waals surface area (Å²) in [5.41, 5.74) is 2.79. The predicted octanol–water partition coefficient (Wildman–Crippen LogP) is 6.76. The Kier molecular flexibility index (Phi) is 9.24. The van der Waals surface area contributed by atoms with Gasteiger partial charge in [-0.3, -0.25) is 4.79 Å². The lowest BCUT2D eigenvalue weighted by molar-refractivity contribution is -0.112. The number of nitrogens with zero attached hydrogens (tertiary/aromatic N) is 2. The number of esters is 1. The van der Waals surface area contributed by atoms with E-state index >= 15 is 0 Å². The molecule has 0 atom stereocenters. The van der Waals surface area contributed by atoms with E-state index in [1.807, 2.05) is 12.1 Å². The summed E-state index contributed by atoms with van der Waals surface area (Å²) in [6.07, 6.45) is 2.25. The van der Waals surface area contributed by atoms with Gasteiger partial charge in [0, 0.05) is 23.1 Å². The molecule has 0 spiro atoms. The number of methoxy groups -OCH3 is 1. The van der Waals surface area contributed by atoms with E-state index in [-0.39, 0.29) is 18.2 Å². The first-order valence-corrected chi connectivity index (χ1v) is 14.3. The van der Waals surface area contributed by atoms with Crippen molar-refractivity contribution in [1.29, 1.82) is 0 Å². The lowest BCUT2D eigenvalue weighted by atomic mass is 10.1. The van der Waals surface area contributed by atoms with Crippen LogP contribution in [0.3, 0.4) is 0 Å². The van der Waals surface area contributed by atoms with Gasteiger partial charge in [-0.25, -0.2) is 9.18 Å². The molecule has 10 heteroatoms. The normalized spacial score (nSPS) is 13.4. The van der Waals surface area contributed by atoms with E-state index in [0.717, 1.165) is 18.4 Å². The molecule has 0 fully saturated rings. The van der Waals surface area contributed by atoms with Crippen LogP contribution in [0.25, 0.3) is 22.3 Å². The van der Waals surface area contributed by atoms with E-state index in [2.05, 4.69) is 5.16 Å². The summed E-state index contributed by atoms with van der Waals surface area (Å²) in [5.74, 6) is 0.506. The van der Waals surface area contributed by atoms with Crippen LogP contribution in [0.1, 0.15) is 49.0 Å². The Balaban J connectivity index is 1.22. The summed E-state index contributed by atoms with van der Waals surface area (Å²) < 4.78 is 36.5. The average molecular weight is 589 g/mol. The quantitative estimate of drug-likeness (QED) is 0.0966. The fourth-order valence-corrected chi connectivity index (χ4v) is 4.98. The first kappa shape index (κ1) is 29.6. The van der Waals surface area contributed by atoms with Crippen molar-refractivity contribution in [3.63, 3.8) is 0 Å². The van der Waals surface area contributed by atoms with Gasteiger partial charge in [-0.2, -0.15) is 0 Å². The van der Waals surface area contributed by atoms with Gasteiger partial charge in [0.1, 0.15) is 40.8 Å². The van der Waals surface area contributed by atoms with Crippen LogP contribution in [-0.4, -0.2) is 51.1 Å². The van der Waals surface area contributed by atoms with Gasteiger partial charge in [0.2, 0.25) is 0 Å². The van der Waals surface area contributed by atoms with E-state index in [1.54, 1.807) is 62.3 Å². The Morgan fingerprint density at radius 2 is 1.74 bits per heavy atom. The maximum atomic E-state index is 13.9. The number of furan rings is 1. The van der Waals surface area contributed by atoms with E-state index in [4.69, 9.17) is 23.5 Å². The average Bonchev–Trinajstić information content (AvgIpc) is 3.52. The molecule has 1 aromatic heterocycles. The van der Waals surface area contributed by atoms with Crippen LogP contribution in [0.5, 0.6) is 11.5 Å². The first-order valence-electron chi connectivity index (χ1n) is 14.3. The van der Waals surface area contributed by atoms with Gasteiger partial charge < -0.3 is 28.4 Å². The molecule has 1 aliphatic rings. The molecule has 0 unspecified atom stereocenters. The molecule has 0 N–H and O–H groups in total. The third-order valence-electron chi connectivity index (χ3n) is 7.02. The molecule has 3 aromatic carbocycles. The number of hydrogen-bond donors (Lipinski definition) is 0. The molecule has 1 aliphatic heterocycles. The number of fused-ring (bicyclic) bond motifs is 2. The number of carbonyl (C=O) groups is 2. The fourth-order valence-electron chi connectivity index (χ4n) is 4.98. The van der Waals surface area contributed by atoms with Gasteiger partial charge >= 0.3 is 5.97 Å². The van der Waals surface area contributed by atoms with Gasteiger partial charge in [-0.15, -0.1) is 0 Å². The molecule has 0 bridgehead atoms. The Labute approximate surface area is 248 Å². The van der Waals surface area contributed by atoms with E-state index in [1.165, 1.54) is 12.1 Å². The van der Waals surface area contributed by atoms with Crippen LogP contribution in [0, 0.1) is 5.82 Å². The highest BCUT2D eigenvalue weighted by Gasteiger charge is 2.34. The van der Waals surface area contributed by atoms with E-state index < -0.39 is 11.8 Å². The second-order valence-corrected chi connectivity index (χ2v) is 9.80. The number of benzene rings is 3. The SMILES string of the molecule is CCO/N=C1\C(=O)N(CCCCCOc2ccc3oc(-c4ccc(OC)cc4)c(C(=O)OCC)c3c2)c2ccc(F)cc21. The largest absolute Gasteiger partial charge is 0.497 e. The number of carbonyl (C=O) groups excluding carboxylic acids is 2. The van der Waals surface area contributed by atoms with E-state index in [9.17, 15) is 14.0 Å². The smallest absolute Gasteiger partial charge is 0.342 e. The van der Waals surface area contributed by atoms with Gasteiger partial charge in [0.25, 0.3) is 5.91 Å². The minimum absolute atomic E-state index is 0.117. The predicted molar refractivity (Wildman–Crippen MR) is 160 cm³/mol. The molecule has 1 amide bonds. The maximum Gasteiger partial charge on any atom is 0.342 e. The lowest BCUT2D eigenvalue weighted by Crippen LogP contribution is -2.31. The molecule has 0 saturated carbocycles. The minimum Gasteiger partial charge on any atom is -0.497 e. The van der Waals surface area contributed by atoms with Crippen molar-refractivity contribution in [1.82, 2.24) is 0 Å². The van der Waals surface area contributed by atoms with Gasteiger partial charge in [-0.1, -0.05) is 5.16 Å². The van der Waals surface area contributed by atoms with Crippen molar-refractivity contribution in [3.05, 3.63) is 77.6 Å². The molecular formula is C33H33FN2O7. The molecule has 9 nitrogen and oxygen atoms in total. The first-order chi connectivity index (χ1) is 20.9. The number of anilines is 1. The highest BCUT2D eigenvalue weighted by molar-refractivity contribution is 6.54. The molecule has 224 valence electrons. The Morgan fingerprint density at radius 1 is 0.953 bits per heavy atom. The Morgan fingerprint density at radius 3 is 2.49 bits per heavy atom. The minimum atomic E-state index is -0.473. The number of amides is 1. The standard InChI is InChI=1S/C33H33FN2O7/c1-4-40-33(38)29-26-20-24(14-16-28(26)43-31(29)21-9-12-23(39-3)13-10-21)41-18-8-6-7-17-36-27-15-11-22(34)19-25(27)30(32(36)37)35-42-5-2/h9-16,19-20H,4-8,17-18H2,1-3H3/b35-30-. The van der Waals surface area contributed by atoms with Gasteiger partial charge in [0.05, 0.1) is 26.0 Å². The van der Waals surface area contributed by atoms with Crippen molar-refractivity contribution in [3.8, 4) is 22.8 Å². The fraction of sp³-hybridized carbons (Fsp3) is 0.303. The number of rotatable bonds is 13. The maximum absolute atomic E-state index is 13.9. The molecule has 0 aliphatic carbocycles. The molecule has 5 rings (SSSR count). The number of hydrogen-bond acceptors (Lipinski definition) is 8.